The quantitative estimate of drug-likeness (QED) is 0.689. The number of hydrogen-bond donors (Lipinski definition) is 0. The van der Waals surface area contributed by atoms with Crippen LogP contribution in [0.2, 0.25) is 0 Å². The standard InChI is InChI=1S/C24H33N5O2/c1-6-19-10-18(8-7-9-28-14-23(2,3)15-28)11-25-22(19)20-12-29(27-26-20)13-21-30-16-24(4,5)17-31-21/h10-12,21H,6,9,13-17H2,1-5H3. The molecule has 0 atom stereocenters. The van der Waals surface area contributed by atoms with Gasteiger partial charge in [-0.05, 0) is 23.5 Å². The van der Waals surface area contributed by atoms with Crippen molar-refractivity contribution in [2.75, 3.05) is 32.8 Å². The highest BCUT2D eigenvalue weighted by molar-refractivity contribution is 5.59. The van der Waals surface area contributed by atoms with Crippen molar-refractivity contribution in [2.24, 2.45) is 10.8 Å². The van der Waals surface area contributed by atoms with Crippen molar-refractivity contribution in [2.45, 2.75) is 53.9 Å². The van der Waals surface area contributed by atoms with Crippen LogP contribution in [0.25, 0.3) is 11.4 Å². The van der Waals surface area contributed by atoms with E-state index in [1.165, 1.54) is 0 Å². The minimum absolute atomic E-state index is 0.0560. The molecule has 0 amide bonds. The molecule has 2 aliphatic rings. The van der Waals surface area contributed by atoms with Crippen molar-refractivity contribution < 1.29 is 9.47 Å². The largest absolute Gasteiger partial charge is 0.350 e. The van der Waals surface area contributed by atoms with Crippen LogP contribution in [0.3, 0.4) is 0 Å². The minimum Gasteiger partial charge on any atom is -0.350 e. The Morgan fingerprint density at radius 1 is 1.13 bits per heavy atom. The van der Waals surface area contributed by atoms with Gasteiger partial charge in [0.1, 0.15) is 5.69 Å². The second-order valence-corrected chi connectivity index (χ2v) is 10.2. The van der Waals surface area contributed by atoms with E-state index in [1.807, 2.05) is 12.4 Å². The van der Waals surface area contributed by atoms with Gasteiger partial charge < -0.3 is 9.47 Å². The van der Waals surface area contributed by atoms with E-state index in [4.69, 9.17) is 9.47 Å². The molecule has 0 radical (unpaired) electrons. The van der Waals surface area contributed by atoms with Gasteiger partial charge in [-0.2, -0.15) is 0 Å². The number of nitrogens with zero attached hydrogens (tertiary/aromatic N) is 5. The molecule has 4 heterocycles. The second kappa shape index (κ2) is 8.70. The molecule has 2 fully saturated rings. The summed E-state index contributed by atoms with van der Waals surface area (Å²) in [5.74, 6) is 6.55. The van der Waals surface area contributed by atoms with E-state index in [1.54, 1.807) is 4.68 Å². The van der Waals surface area contributed by atoms with Gasteiger partial charge in [-0.15, -0.1) is 5.10 Å². The Hall–Kier alpha value is -2.27. The number of pyridine rings is 1. The zero-order valence-corrected chi connectivity index (χ0v) is 19.3. The number of likely N-dealkylation sites (tertiary alicyclic amines) is 1. The van der Waals surface area contributed by atoms with Crippen LogP contribution in [0.4, 0.5) is 0 Å². The highest BCUT2D eigenvalue weighted by Crippen LogP contribution is 2.28. The molecule has 31 heavy (non-hydrogen) atoms. The van der Waals surface area contributed by atoms with Crippen LogP contribution in [-0.4, -0.2) is 64.0 Å². The SMILES string of the molecule is CCc1cc(C#CCN2CC(C)(C)C2)cnc1-c1cn(CC2OCC(C)(C)CO2)nn1. The van der Waals surface area contributed by atoms with Gasteiger partial charge in [0.2, 0.25) is 0 Å². The van der Waals surface area contributed by atoms with Crippen LogP contribution >= 0.6 is 0 Å². The van der Waals surface area contributed by atoms with Crippen molar-refractivity contribution in [3.63, 3.8) is 0 Å². The van der Waals surface area contributed by atoms with Crippen LogP contribution in [0.15, 0.2) is 18.5 Å². The summed E-state index contributed by atoms with van der Waals surface area (Å²) < 4.78 is 13.4. The first kappa shape index (κ1) is 21.9. The highest BCUT2D eigenvalue weighted by atomic mass is 16.7. The van der Waals surface area contributed by atoms with Crippen molar-refractivity contribution in [1.29, 1.82) is 0 Å². The molecule has 2 aromatic heterocycles. The molecule has 2 saturated heterocycles. The molecule has 0 spiro atoms. The molecular formula is C24H33N5O2. The van der Waals surface area contributed by atoms with Crippen molar-refractivity contribution in [3.8, 4) is 23.2 Å². The van der Waals surface area contributed by atoms with E-state index in [0.717, 1.165) is 48.6 Å². The fourth-order valence-electron chi connectivity index (χ4n) is 4.09. The third-order valence-electron chi connectivity index (χ3n) is 5.62. The molecule has 4 rings (SSSR count). The molecule has 0 saturated carbocycles. The van der Waals surface area contributed by atoms with Gasteiger partial charge in [0.05, 0.1) is 38.2 Å². The monoisotopic (exact) mass is 423 g/mol. The van der Waals surface area contributed by atoms with Crippen LogP contribution in [-0.2, 0) is 22.4 Å². The Morgan fingerprint density at radius 2 is 1.87 bits per heavy atom. The summed E-state index contributed by atoms with van der Waals surface area (Å²) >= 11 is 0. The predicted molar refractivity (Wildman–Crippen MR) is 119 cm³/mol. The first-order chi connectivity index (χ1) is 14.7. The maximum atomic E-state index is 5.81. The van der Waals surface area contributed by atoms with E-state index in [2.05, 4.69) is 72.7 Å². The zero-order chi connectivity index (χ0) is 22.1. The Balaban J connectivity index is 1.39. The fourth-order valence-corrected chi connectivity index (χ4v) is 4.09. The van der Waals surface area contributed by atoms with E-state index in [-0.39, 0.29) is 11.7 Å². The van der Waals surface area contributed by atoms with Crippen LogP contribution < -0.4 is 0 Å². The van der Waals surface area contributed by atoms with Gasteiger partial charge in [-0.1, -0.05) is 51.7 Å². The van der Waals surface area contributed by atoms with E-state index >= 15 is 0 Å². The molecule has 7 heteroatoms. The average Bonchev–Trinajstić information content (AvgIpc) is 3.16. The molecule has 0 aromatic carbocycles. The summed E-state index contributed by atoms with van der Waals surface area (Å²) in [5, 5.41) is 8.58. The van der Waals surface area contributed by atoms with Gasteiger partial charge in [0.25, 0.3) is 0 Å². The van der Waals surface area contributed by atoms with Crippen LogP contribution in [0.5, 0.6) is 0 Å². The second-order valence-electron chi connectivity index (χ2n) is 10.2. The minimum atomic E-state index is -0.296. The van der Waals surface area contributed by atoms with Crippen LogP contribution in [0.1, 0.15) is 45.7 Å². The van der Waals surface area contributed by atoms with Crippen LogP contribution in [0, 0.1) is 22.7 Å². The van der Waals surface area contributed by atoms with E-state index in [9.17, 15) is 0 Å². The maximum absolute atomic E-state index is 5.81. The first-order valence-electron chi connectivity index (χ1n) is 11.1. The highest BCUT2D eigenvalue weighted by Gasteiger charge is 2.33. The Labute approximate surface area is 185 Å². The van der Waals surface area contributed by atoms with Crippen molar-refractivity contribution in [1.82, 2.24) is 24.9 Å². The van der Waals surface area contributed by atoms with Crippen molar-refractivity contribution >= 4 is 0 Å². The summed E-state index contributed by atoms with van der Waals surface area (Å²) in [7, 11) is 0. The van der Waals surface area contributed by atoms with Gasteiger partial charge in [-0.25, -0.2) is 4.68 Å². The topological polar surface area (TPSA) is 65.3 Å². The summed E-state index contributed by atoms with van der Waals surface area (Å²) in [6.45, 7) is 15.9. The average molecular weight is 424 g/mol. The molecule has 0 aliphatic carbocycles. The number of aryl methyl sites for hydroxylation is 1. The number of aromatic nitrogens is 4. The summed E-state index contributed by atoms with van der Waals surface area (Å²) in [5.41, 5.74) is 4.17. The molecule has 0 unspecified atom stereocenters. The summed E-state index contributed by atoms with van der Waals surface area (Å²) in [4.78, 5) is 7.03. The molecule has 7 nitrogen and oxygen atoms in total. The fraction of sp³-hybridized carbons (Fsp3) is 0.625. The van der Waals surface area contributed by atoms with Gasteiger partial charge in [0.15, 0.2) is 6.29 Å². The number of ether oxygens (including phenoxy) is 2. The van der Waals surface area contributed by atoms with E-state index < -0.39 is 0 Å². The third kappa shape index (κ3) is 5.51. The summed E-state index contributed by atoms with van der Waals surface area (Å²) in [6.07, 6.45) is 4.30. The lowest BCUT2D eigenvalue weighted by molar-refractivity contribution is -0.227. The number of rotatable bonds is 5. The zero-order valence-electron chi connectivity index (χ0n) is 19.3. The smallest absolute Gasteiger partial charge is 0.177 e. The maximum Gasteiger partial charge on any atom is 0.177 e. The Morgan fingerprint density at radius 3 is 2.55 bits per heavy atom. The third-order valence-corrected chi connectivity index (χ3v) is 5.62. The molecule has 166 valence electrons. The Kier molecular flexibility index (Phi) is 6.16. The first-order valence-corrected chi connectivity index (χ1v) is 11.1. The van der Waals surface area contributed by atoms with Crippen molar-refractivity contribution in [3.05, 3.63) is 29.6 Å². The number of hydrogen-bond acceptors (Lipinski definition) is 6. The lowest BCUT2D eigenvalue weighted by Crippen LogP contribution is -2.52. The normalized spacial score (nSPS) is 20.7. The molecule has 2 aliphatic heterocycles. The lowest BCUT2D eigenvalue weighted by Gasteiger charge is -2.44. The molecule has 0 bridgehead atoms. The lowest BCUT2D eigenvalue weighted by atomic mass is 9.84. The van der Waals surface area contributed by atoms with Gasteiger partial charge in [0, 0.05) is 30.3 Å². The molecule has 0 N–H and O–H groups in total. The molecule has 2 aromatic rings. The molecular weight excluding hydrogens is 390 g/mol. The van der Waals surface area contributed by atoms with Gasteiger partial charge in [-0.3, -0.25) is 9.88 Å². The Bertz CT molecular complexity index is 967. The summed E-state index contributed by atoms with van der Waals surface area (Å²) in [6, 6.07) is 2.11. The van der Waals surface area contributed by atoms with E-state index in [0.29, 0.717) is 25.2 Å². The van der Waals surface area contributed by atoms with Gasteiger partial charge >= 0.3 is 0 Å². The predicted octanol–water partition coefficient (Wildman–Crippen LogP) is 2.99.